The number of aromatic nitrogens is 2. The number of nitrogens with zero attached hydrogens (tertiary/aromatic N) is 4. The lowest BCUT2D eigenvalue weighted by atomic mass is 10.2. The van der Waals surface area contributed by atoms with Crippen LogP contribution in [0.4, 0.5) is 17.3 Å². The Morgan fingerprint density at radius 3 is 2.54 bits per heavy atom. The van der Waals surface area contributed by atoms with Crippen molar-refractivity contribution in [1.82, 2.24) is 9.97 Å². The zero-order valence-corrected chi connectivity index (χ0v) is 13.9. The van der Waals surface area contributed by atoms with Crippen molar-refractivity contribution in [2.75, 3.05) is 55.5 Å². The summed E-state index contributed by atoms with van der Waals surface area (Å²) in [4.78, 5) is 25.1. The second-order valence-corrected chi connectivity index (χ2v) is 5.74. The summed E-state index contributed by atoms with van der Waals surface area (Å²) in [5.74, 6) is 0.318. The van der Waals surface area contributed by atoms with Gasteiger partial charge in [0.1, 0.15) is 5.69 Å². The molecule has 2 aromatic rings. The molecule has 0 saturated carbocycles. The fourth-order valence-corrected chi connectivity index (χ4v) is 2.43. The van der Waals surface area contributed by atoms with E-state index in [0.29, 0.717) is 24.9 Å². The molecule has 1 N–H and O–H groups in total. The molecule has 1 aromatic heterocycles. The van der Waals surface area contributed by atoms with E-state index in [9.17, 15) is 4.79 Å². The van der Waals surface area contributed by atoms with Crippen LogP contribution in [0, 0.1) is 0 Å². The molecular formula is C17H21N5O2. The summed E-state index contributed by atoms with van der Waals surface area (Å²) in [6.07, 6.45) is 1.61. The molecule has 126 valence electrons. The van der Waals surface area contributed by atoms with Crippen LogP contribution in [-0.4, -0.2) is 56.3 Å². The van der Waals surface area contributed by atoms with Gasteiger partial charge in [-0.05, 0) is 30.3 Å². The maximum Gasteiger partial charge on any atom is 0.274 e. The van der Waals surface area contributed by atoms with Gasteiger partial charge in [0.15, 0.2) is 0 Å². The van der Waals surface area contributed by atoms with Crippen molar-refractivity contribution in [2.45, 2.75) is 0 Å². The van der Waals surface area contributed by atoms with Crippen molar-refractivity contribution >= 4 is 23.2 Å². The first-order valence-electron chi connectivity index (χ1n) is 7.88. The molecule has 1 aliphatic rings. The van der Waals surface area contributed by atoms with Crippen LogP contribution in [0.2, 0.25) is 0 Å². The van der Waals surface area contributed by atoms with Crippen molar-refractivity contribution in [3.8, 4) is 0 Å². The molecule has 0 bridgehead atoms. The first-order chi connectivity index (χ1) is 11.6. The number of carbonyl (C=O) groups excluding carboxylic acids is 1. The predicted octanol–water partition coefficient (Wildman–Crippen LogP) is 1.63. The molecule has 3 rings (SSSR count). The van der Waals surface area contributed by atoms with Crippen LogP contribution in [0.5, 0.6) is 0 Å². The van der Waals surface area contributed by atoms with Gasteiger partial charge in [0.25, 0.3) is 5.91 Å². The highest BCUT2D eigenvalue weighted by molar-refractivity contribution is 6.03. The van der Waals surface area contributed by atoms with Crippen molar-refractivity contribution in [3.05, 3.63) is 42.2 Å². The third-order valence-corrected chi connectivity index (χ3v) is 3.81. The third-order valence-electron chi connectivity index (χ3n) is 3.81. The molecule has 1 aromatic carbocycles. The summed E-state index contributed by atoms with van der Waals surface area (Å²) in [5, 5.41) is 2.86. The Bertz CT molecular complexity index is 696. The average Bonchev–Trinajstić information content (AvgIpc) is 2.63. The van der Waals surface area contributed by atoms with Crippen molar-refractivity contribution in [3.63, 3.8) is 0 Å². The van der Waals surface area contributed by atoms with E-state index in [1.165, 1.54) is 0 Å². The van der Waals surface area contributed by atoms with Crippen molar-refractivity contribution in [1.29, 1.82) is 0 Å². The van der Waals surface area contributed by atoms with E-state index < -0.39 is 0 Å². The molecule has 0 aliphatic carbocycles. The maximum absolute atomic E-state index is 12.4. The van der Waals surface area contributed by atoms with Gasteiger partial charge in [0.2, 0.25) is 5.95 Å². The van der Waals surface area contributed by atoms with Crippen LogP contribution in [-0.2, 0) is 4.74 Å². The highest BCUT2D eigenvalue weighted by Crippen LogP contribution is 2.17. The molecule has 7 nitrogen and oxygen atoms in total. The van der Waals surface area contributed by atoms with Gasteiger partial charge in [0, 0.05) is 44.8 Å². The van der Waals surface area contributed by atoms with E-state index in [1.54, 1.807) is 12.3 Å². The van der Waals surface area contributed by atoms with Crippen LogP contribution in [0.25, 0.3) is 0 Å². The first-order valence-corrected chi connectivity index (χ1v) is 7.88. The first kappa shape index (κ1) is 16.2. The van der Waals surface area contributed by atoms with Gasteiger partial charge < -0.3 is 19.9 Å². The van der Waals surface area contributed by atoms with E-state index in [0.717, 1.165) is 24.5 Å². The normalized spacial score (nSPS) is 14.3. The van der Waals surface area contributed by atoms with E-state index in [-0.39, 0.29) is 5.91 Å². The Balaban J connectivity index is 1.70. The molecule has 7 heteroatoms. The fraction of sp³-hybridized carbons (Fsp3) is 0.353. The smallest absolute Gasteiger partial charge is 0.274 e. The number of hydrogen-bond donors (Lipinski definition) is 1. The quantitative estimate of drug-likeness (QED) is 0.920. The molecule has 1 saturated heterocycles. The lowest BCUT2D eigenvalue weighted by Gasteiger charge is -2.26. The zero-order chi connectivity index (χ0) is 16.9. The number of benzene rings is 1. The van der Waals surface area contributed by atoms with E-state index in [2.05, 4.69) is 15.3 Å². The number of morpholine rings is 1. The average molecular weight is 327 g/mol. The maximum atomic E-state index is 12.4. The second kappa shape index (κ2) is 7.27. The highest BCUT2D eigenvalue weighted by Gasteiger charge is 2.16. The standard InChI is InChI=1S/C17H21N5O2/c1-21(2)14-5-3-13(4-6-14)19-16(23)15-7-8-18-17(20-15)22-9-11-24-12-10-22/h3-8H,9-12H2,1-2H3,(H,19,23). The van der Waals surface area contributed by atoms with Gasteiger partial charge in [-0.2, -0.15) is 0 Å². The molecule has 1 fully saturated rings. The minimum absolute atomic E-state index is 0.246. The summed E-state index contributed by atoms with van der Waals surface area (Å²) < 4.78 is 5.32. The molecular weight excluding hydrogens is 306 g/mol. The largest absolute Gasteiger partial charge is 0.378 e. The van der Waals surface area contributed by atoms with Gasteiger partial charge in [0.05, 0.1) is 13.2 Å². The number of hydrogen-bond acceptors (Lipinski definition) is 6. The molecule has 24 heavy (non-hydrogen) atoms. The molecule has 0 atom stereocenters. The van der Waals surface area contributed by atoms with E-state index in [4.69, 9.17) is 4.74 Å². The summed E-state index contributed by atoms with van der Waals surface area (Å²) >= 11 is 0. The highest BCUT2D eigenvalue weighted by atomic mass is 16.5. The Morgan fingerprint density at radius 2 is 1.88 bits per heavy atom. The topological polar surface area (TPSA) is 70.6 Å². The van der Waals surface area contributed by atoms with Crippen molar-refractivity contribution < 1.29 is 9.53 Å². The number of rotatable bonds is 4. The lowest BCUT2D eigenvalue weighted by Crippen LogP contribution is -2.37. The minimum Gasteiger partial charge on any atom is -0.378 e. The fourth-order valence-electron chi connectivity index (χ4n) is 2.43. The lowest BCUT2D eigenvalue weighted by molar-refractivity contribution is 0.102. The summed E-state index contributed by atoms with van der Waals surface area (Å²) in [5.41, 5.74) is 2.16. The minimum atomic E-state index is -0.246. The molecule has 0 spiro atoms. The van der Waals surface area contributed by atoms with Crippen LogP contribution in [0.1, 0.15) is 10.5 Å². The number of carbonyl (C=O) groups is 1. The van der Waals surface area contributed by atoms with E-state index in [1.807, 2.05) is 48.2 Å². The second-order valence-electron chi connectivity index (χ2n) is 5.74. The van der Waals surface area contributed by atoms with Gasteiger partial charge in [-0.25, -0.2) is 9.97 Å². The van der Waals surface area contributed by atoms with Crippen molar-refractivity contribution in [2.24, 2.45) is 0 Å². The molecule has 2 heterocycles. The summed E-state index contributed by atoms with van der Waals surface area (Å²) in [6.45, 7) is 2.77. The Labute approximate surface area is 141 Å². The number of anilines is 3. The SMILES string of the molecule is CN(C)c1ccc(NC(=O)c2ccnc(N3CCOCC3)n2)cc1. The van der Waals surface area contributed by atoms with Crippen LogP contribution in [0.15, 0.2) is 36.5 Å². The molecule has 0 radical (unpaired) electrons. The molecule has 1 amide bonds. The number of amides is 1. The molecule has 1 aliphatic heterocycles. The number of ether oxygens (including phenoxy) is 1. The predicted molar refractivity (Wildman–Crippen MR) is 93.8 cm³/mol. The van der Waals surface area contributed by atoms with Gasteiger partial charge >= 0.3 is 0 Å². The Hall–Kier alpha value is -2.67. The summed E-state index contributed by atoms with van der Waals surface area (Å²) in [7, 11) is 3.95. The Kier molecular flexibility index (Phi) is 4.90. The van der Waals surface area contributed by atoms with Gasteiger partial charge in [-0.3, -0.25) is 4.79 Å². The third kappa shape index (κ3) is 3.80. The van der Waals surface area contributed by atoms with Gasteiger partial charge in [-0.15, -0.1) is 0 Å². The van der Waals surface area contributed by atoms with E-state index >= 15 is 0 Å². The Morgan fingerprint density at radius 1 is 1.17 bits per heavy atom. The number of nitrogens with one attached hydrogen (secondary N) is 1. The van der Waals surface area contributed by atoms with Crippen LogP contribution < -0.4 is 15.1 Å². The van der Waals surface area contributed by atoms with Gasteiger partial charge in [-0.1, -0.05) is 0 Å². The summed E-state index contributed by atoms with van der Waals surface area (Å²) in [6, 6.07) is 9.27. The van der Waals surface area contributed by atoms with Crippen LogP contribution in [0.3, 0.4) is 0 Å². The van der Waals surface area contributed by atoms with Crippen LogP contribution >= 0.6 is 0 Å². The molecule has 0 unspecified atom stereocenters. The zero-order valence-electron chi connectivity index (χ0n) is 13.9. The monoisotopic (exact) mass is 327 g/mol.